The molecule has 2 aliphatic heterocycles. The van der Waals surface area contributed by atoms with Gasteiger partial charge in [0.2, 0.25) is 0 Å². The number of benzene rings is 2. The smallest absolute Gasteiger partial charge is 0.254 e. The molecule has 31 heavy (non-hydrogen) atoms. The zero-order valence-corrected chi connectivity index (χ0v) is 17.7. The van der Waals surface area contributed by atoms with Gasteiger partial charge < -0.3 is 26.0 Å². The third kappa shape index (κ3) is 5.14. The third-order valence-electron chi connectivity index (χ3n) is 5.22. The van der Waals surface area contributed by atoms with Crippen LogP contribution in [0.5, 0.6) is 5.75 Å². The van der Waals surface area contributed by atoms with Crippen LogP contribution >= 0.6 is 0 Å². The molecule has 0 bridgehead atoms. The van der Waals surface area contributed by atoms with Gasteiger partial charge in [0.15, 0.2) is 6.29 Å². The van der Waals surface area contributed by atoms with Crippen LogP contribution in [0.1, 0.15) is 42.6 Å². The average molecular weight is 426 g/mol. The van der Waals surface area contributed by atoms with Crippen molar-refractivity contribution in [1.82, 2.24) is 10.6 Å². The molecule has 1 fully saturated rings. The highest BCUT2D eigenvalue weighted by Crippen LogP contribution is 2.32. The van der Waals surface area contributed by atoms with Crippen LogP contribution in [-0.2, 0) is 0 Å². The van der Waals surface area contributed by atoms with E-state index in [2.05, 4.69) is 26.3 Å². The fourth-order valence-corrected chi connectivity index (χ4v) is 3.69. The third-order valence-corrected chi connectivity index (χ3v) is 5.22. The summed E-state index contributed by atoms with van der Waals surface area (Å²) in [5.74, 6) is -0.218. The number of amides is 1. The lowest BCUT2D eigenvalue weighted by molar-refractivity contribution is 0.0939. The van der Waals surface area contributed by atoms with Crippen molar-refractivity contribution >= 4 is 23.5 Å². The summed E-state index contributed by atoms with van der Waals surface area (Å²) < 4.78 is 20.4. The molecule has 2 aliphatic rings. The number of hydrogen-bond donors (Lipinski definition) is 4. The molecular weight excluding hydrogens is 397 g/mol. The van der Waals surface area contributed by atoms with Crippen LogP contribution in [0.4, 0.5) is 15.8 Å². The number of aliphatic imine (C=N–C) groups is 1. The number of nitrogens with one attached hydrogen (secondary N) is 4. The minimum absolute atomic E-state index is 0.00572. The Hall–Kier alpha value is -3.13. The summed E-state index contributed by atoms with van der Waals surface area (Å²) in [7, 11) is 0. The maximum absolute atomic E-state index is 14.2. The minimum Gasteiger partial charge on any atom is -0.488 e. The standard InChI is InChI=1S/C23H28FN5O2/c1-14(2)27-22(30)18-12-16(6-7-19(18)24)28-23-26-13-15-4-3-5-20(21(15)29-23)31-17-8-10-25-11-9-17/h3-7,12-14,17,23,25,28-29H,8-11H2,1-2H3,(H,27,30). The number of para-hydroxylation sites is 1. The number of carbonyl (C=O) groups excluding carboxylic acids is 1. The van der Waals surface area contributed by atoms with Crippen LogP contribution < -0.4 is 26.0 Å². The van der Waals surface area contributed by atoms with Crippen LogP contribution in [0.2, 0.25) is 0 Å². The highest BCUT2D eigenvalue weighted by molar-refractivity contribution is 5.96. The Morgan fingerprint density at radius 3 is 2.81 bits per heavy atom. The van der Waals surface area contributed by atoms with Gasteiger partial charge in [-0.1, -0.05) is 12.1 Å². The minimum atomic E-state index is -0.563. The molecule has 4 N–H and O–H groups in total. The summed E-state index contributed by atoms with van der Waals surface area (Å²) in [6.07, 6.45) is 3.43. The van der Waals surface area contributed by atoms with Crippen LogP contribution in [0.25, 0.3) is 0 Å². The Morgan fingerprint density at radius 2 is 2.03 bits per heavy atom. The summed E-state index contributed by atoms with van der Waals surface area (Å²) in [6.45, 7) is 5.57. The Labute approximate surface area is 181 Å². The van der Waals surface area contributed by atoms with Crippen molar-refractivity contribution in [2.75, 3.05) is 23.7 Å². The van der Waals surface area contributed by atoms with Gasteiger partial charge in [-0.3, -0.25) is 4.79 Å². The summed E-state index contributed by atoms with van der Waals surface area (Å²) >= 11 is 0. The van der Waals surface area contributed by atoms with E-state index in [9.17, 15) is 9.18 Å². The van der Waals surface area contributed by atoms with Gasteiger partial charge in [-0.25, -0.2) is 9.38 Å². The second-order valence-corrected chi connectivity index (χ2v) is 8.08. The van der Waals surface area contributed by atoms with Gasteiger partial charge in [0, 0.05) is 23.5 Å². The van der Waals surface area contributed by atoms with E-state index in [1.807, 2.05) is 32.0 Å². The highest BCUT2D eigenvalue weighted by Gasteiger charge is 2.22. The number of ether oxygens (including phenoxy) is 1. The molecule has 2 heterocycles. The van der Waals surface area contributed by atoms with Crippen molar-refractivity contribution in [3.05, 3.63) is 53.3 Å². The van der Waals surface area contributed by atoms with Crippen LogP contribution in [-0.4, -0.2) is 43.6 Å². The normalized spacial score (nSPS) is 18.3. The summed E-state index contributed by atoms with van der Waals surface area (Å²) in [5, 5.41) is 12.6. The monoisotopic (exact) mass is 425 g/mol. The largest absolute Gasteiger partial charge is 0.488 e. The van der Waals surface area contributed by atoms with Crippen LogP contribution in [0.3, 0.4) is 0 Å². The number of carbonyl (C=O) groups is 1. The lowest BCUT2D eigenvalue weighted by Crippen LogP contribution is -2.35. The fraction of sp³-hybridized carbons (Fsp3) is 0.391. The van der Waals surface area contributed by atoms with E-state index in [0.29, 0.717) is 5.69 Å². The summed E-state index contributed by atoms with van der Waals surface area (Å²) in [6, 6.07) is 10.2. The van der Waals surface area contributed by atoms with E-state index in [-0.39, 0.29) is 17.7 Å². The lowest BCUT2D eigenvalue weighted by Gasteiger charge is -2.28. The number of nitrogens with zero attached hydrogens (tertiary/aromatic N) is 1. The van der Waals surface area contributed by atoms with Crippen LogP contribution in [0, 0.1) is 5.82 Å². The van der Waals surface area contributed by atoms with Gasteiger partial charge in [-0.05, 0) is 64.0 Å². The molecule has 0 radical (unpaired) electrons. The van der Waals surface area contributed by atoms with Gasteiger partial charge in [0.1, 0.15) is 17.7 Å². The van der Waals surface area contributed by atoms with Crippen molar-refractivity contribution in [2.24, 2.45) is 4.99 Å². The molecule has 0 aliphatic carbocycles. The zero-order chi connectivity index (χ0) is 21.8. The van der Waals surface area contributed by atoms with Crippen molar-refractivity contribution in [3.8, 4) is 5.75 Å². The average Bonchev–Trinajstić information content (AvgIpc) is 2.76. The van der Waals surface area contributed by atoms with E-state index < -0.39 is 18.0 Å². The predicted molar refractivity (Wildman–Crippen MR) is 121 cm³/mol. The first-order valence-electron chi connectivity index (χ1n) is 10.7. The van der Waals surface area contributed by atoms with Crippen molar-refractivity contribution in [1.29, 1.82) is 0 Å². The van der Waals surface area contributed by atoms with Crippen molar-refractivity contribution < 1.29 is 13.9 Å². The zero-order valence-electron chi connectivity index (χ0n) is 17.7. The Kier molecular flexibility index (Phi) is 6.36. The SMILES string of the molecule is CC(C)NC(=O)c1cc(NC2N=Cc3cccc(OC4CCNCC4)c3N2)ccc1F. The summed E-state index contributed by atoms with van der Waals surface area (Å²) in [5.41, 5.74) is 2.40. The first-order valence-corrected chi connectivity index (χ1v) is 10.7. The second-order valence-electron chi connectivity index (χ2n) is 8.08. The molecule has 0 saturated carbocycles. The van der Waals surface area contributed by atoms with E-state index in [1.54, 1.807) is 12.3 Å². The molecule has 7 nitrogen and oxygen atoms in total. The number of anilines is 2. The molecule has 8 heteroatoms. The Bertz CT molecular complexity index is 972. The molecule has 0 aromatic heterocycles. The molecule has 0 spiro atoms. The Balaban J connectivity index is 1.49. The topological polar surface area (TPSA) is 86.8 Å². The van der Waals surface area contributed by atoms with Gasteiger partial charge in [-0.15, -0.1) is 0 Å². The molecule has 1 unspecified atom stereocenters. The predicted octanol–water partition coefficient (Wildman–Crippen LogP) is 3.33. The summed E-state index contributed by atoms with van der Waals surface area (Å²) in [4.78, 5) is 16.8. The van der Waals surface area contributed by atoms with Gasteiger partial charge in [0.05, 0.1) is 11.3 Å². The quantitative estimate of drug-likeness (QED) is 0.570. The van der Waals surface area contributed by atoms with Crippen molar-refractivity contribution in [3.63, 3.8) is 0 Å². The van der Waals surface area contributed by atoms with Crippen molar-refractivity contribution in [2.45, 2.75) is 45.1 Å². The molecule has 164 valence electrons. The number of piperidine rings is 1. The molecule has 1 atom stereocenters. The van der Waals surface area contributed by atoms with Crippen LogP contribution in [0.15, 0.2) is 41.4 Å². The lowest BCUT2D eigenvalue weighted by atomic mass is 10.1. The maximum atomic E-state index is 14.2. The highest BCUT2D eigenvalue weighted by atomic mass is 19.1. The van der Waals surface area contributed by atoms with E-state index in [0.717, 1.165) is 42.9 Å². The number of fused-ring (bicyclic) bond motifs is 1. The number of halogens is 1. The second kappa shape index (κ2) is 9.34. The van der Waals surface area contributed by atoms with Gasteiger partial charge in [-0.2, -0.15) is 0 Å². The first-order chi connectivity index (χ1) is 15.0. The van der Waals surface area contributed by atoms with Gasteiger partial charge in [0.25, 0.3) is 5.91 Å². The van der Waals surface area contributed by atoms with E-state index >= 15 is 0 Å². The fourth-order valence-electron chi connectivity index (χ4n) is 3.69. The molecule has 1 amide bonds. The van der Waals surface area contributed by atoms with Gasteiger partial charge >= 0.3 is 0 Å². The van der Waals surface area contributed by atoms with E-state index in [1.165, 1.54) is 12.1 Å². The number of hydrogen-bond acceptors (Lipinski definition) is 6. The first kappa shape index (κ1) is 21.1. The Morgan fingerprint density at radius 1 is 1.23 bits per heavy atom. The molecule has 1 saturated heterocycles. The molecule has 4 rings (SSSR count). The van der Waals surface area contributed by atoms with E-state index in [4.69, 9.17) is 4.74 Å². The number of rotatable bonds is 6. The maximum Gasteiger partial charge on any atom is 0.254 e. The molecule has 2 aromatic carbocycles. The molecule has 2 aromatic rings. The molecular formula is C23H28FN5O2.